The van der Waals surface area contributed by atoms with Crippen molar-refractivity contribution >= 4 is 53.9 Å². The Hall–Kier alpha value is -3.06. The maximum atomic E-state index is 11.5. The molecule has 11 heteroatoms. The molecule has 4 rings (SSSR count). The molecule has 0 amide bonds. The van der Waals surface area contributed by atoms with Crippen LogP contribution in [0.2, 0.25) is 0 Å². The summed E-state index contributed by atoms with van der Waals surface area (Å²) in [5.41, 5.74) is 0.314. The Kier molecular flexibility index (Phi) is 5.41. The van der Waals surface area contributed by atoms with Crippen molar-refractivity contribution in [2.24, 2.45) is 10.2 Å². The third-order valence-corrected chi connectivity index (χ3v) is 6.64. The van der Waals surface area contributed by atoms with Crippen molar-refractivity contribution in [1.82, 2.24) is 0 Å². The maximum Gasteiger partial charge on any atom is 0.294 e. The molecule has 4 aromatic carbocycles. The normalized spacial score (nSPS) is 13.3. The lowest BCUT2D eigenvalue weighted by Gasteiger charge is -2.22. The zero-order chi connectivity index (χ0) is 23.3. The van der Waals surface area contributed by atoms with Crippen LogP contribution in [0.25, 0.3) is 21.5 Å². The number of nitrogens with zero attached hydrogens (tertiary/aromatic N) is 2. The number of rotatable bonds is 4. The van der Waals surface area contributed by atoms with Gasteiger partial charge in [0, 0.05) is 5.39 Å². The Morgan fingerprint density at radius 3 is 2.12 bits per heavy atom. The molecule has 0 aliphatic carbocycles. The summed E-state index contributed by atoms with van der Waals surface area (Å²) in [6.45, 7) is 1.50. The van der Waals surface area contributed by atoms with Crippen LogP contribution in [0, 0.1) is 6.92 Å². The fourth-order valence-electron chi connectivity index (χ4n) is 3.46. The van der Waals surface area contributed by atoms with Gasteiger partial charge >= 0.3 is 0 Å². The molecule has 0 saturated heterocycles. The van der Waals surface area contributed by atoms with E-state index in [1.807, 2.05) is 30.3 Å². The minimum atomic E-state index is -4.56. The van der Waals surface area contributed by atoms with Crippen LogP contribution in [0.15, 0.2) is 80.7 Å². The van der Waals surface area contributed by atoms with Crippen molar-refractivity contribution in [3.63, 3.8) is 0 Å². The Labute approximate surface area is 184 Å². The molecule has 0 aliphatic rings. The number of hydrogen-bond donors (Lipinski definition) is 5. The van der Waals surface area contributed by atoms with Gasteiger partial charge in [-0.05, 0) is 59.0 Å². The van der Waals surface area contributed by atoms with E-state index in [0.717, 1.165) is 29.0 Å². The third-order valence-electron chi connectivity index (χ3n) is 4.91. The fraction of sp³-hybridized carbons (Fsp3) is 0.0476. The second-order valence-corrected chi connectivity index (χ2v) is 10.0. The van der Waals surface area contributed by atoms with E-state index in [9.17, 15) is 31.7 Å². The SMILES string of the molecule is Cc1cc(S(=O)(=O)O)cc2cc(S(O)(O)O)c(N=Nc3ccc4ccccc4c3)c(O)c12. The standard InChI is InChI=1S/C21H18N2O7S2/c1-12-8-17(31(25,26)27)10-15-11-18(32(28,29)30)20(21(24)19(12)15)23-22-16-7-6-13-4-2-3-5-14(13)9-16/h2-11,24,28-30H,1H3,(H,25,26,27). The summed E-state index contributed by atoms with van der Waals surface area (Å²) in [5.74, 6) is -0.532. The minimum absolute atomic E-state index is 0.0452. The first kappa shape index (κ1) is 22.1. The van der Waals surface area contributed by atoms with Gasteiger partial charge in [0.1, 0.15) is 16.6 Å². The summed E-state index contributed by atoms with van der Waals surface area (Å²) in [5, 5.41) is 20.9. The van der Waals surface area contributed by atoms with Crippen LogP contribution in [0.5, 0.6) is 5.75 Å². The van der Waals surface area contributed by atoms with Crippen LogP contribution in [-0.4, -0.2) is 31.7 Å². The monoisotopic (exact) mass is 474 g/mol. The lowest BCUT2D eigenvalue weighted by molar-refractivity contribution is 0.375. The van der Waals surface area contributed by atoms with Crippen molar-refractivity contribution < 1.29 is 31.7 Å². The number of hydrogen-bond acceptors (Lipinski definition) is 8. The Balaban J connectivity index is 1.93. The largest absolute Gasteiger partial charge is 0.505 e. The predicted molar refractivity (Wildman–Crippen MR) is 122 cm³/mol. The summed E-state index contributed by atoms with van der Waals surface area (Å²) in [7, 11) is -8.93. The van der Waals surface area contributed by atoms with Crippen LogP contribution < -0.4 is 0 Å². The zero-order valence-corrected chi connectivity index (χ0v) is 18.2. The summed E-state index contributed by atoms with van der Waals surface area (Å²) < 4.78 is 62.1. The van der Waals surface area contributed by atoms with Crippen molar-refractivity contribution in [3.05, 3.63) is 66.2 Å². The van der Waals surface area contributed by atoms with Crippen LogP contribution in [0.3, 0.4) is 0 Å². The molecule has 0 heterocycles. The van der Waals surface area contributed by atoms with Crippen LogP contribution >= 0.6 is 10.9 Å². The molecule has 166 valence electrons. The Bertz CT molecular complexity index is 1510. The quantitative estimate of drug-likeness (QED) is 0.172. The van der Waals surface area contributed by atoms with E-state index in [2.05, 4.69) is 10.2 Å². The first-order chi connectivity index (χ1) is 14.9. The van der Waals surface area contributed by atoms with Gasteiger partial charge in [0.25, 0.3) is 10.1 Å². The number of phenolic OH excluding ortho intramolecular Hbond substituents is 1. The lowest BCUT2D eigenvalue weighted by Crippen LogP contribution is -2.00. The maximum absolute atomic E-state index is 11.5. The highest BCUT2D eigenvalue weighted by Gasteiger charge is 2.26. The van der Waals surface area contributed by atoms with E-state index in [4.69, 9.17) is 0 Å². The van der Waals surface area contributed by atoms with Crippen LogP contribution in [0.1, 0.15) is 5.56 Å². The van der Waals surface area contributed by atoms with Gasteiger partial charge in [-0.15, -0.1) is 5.11 Å². The van der Waals surface area contributed by atoms with Gasteiger partial charge in [-0.1, -0.05) is 30.3 Å². The molecular weight excluding hydrogens is 456 g/mol. The number of aryl methyl sites for hydroxylation is 1. The highest BCUT2D eigenvalue weighted by atomic mass is 32.3. The average molecular weight is 475 g/mol. The molecular formula is C21H18N2O7S2. The number of fused-ring (bicyclic) bond motifs is 2. The van der Waals surface area contributed by atoms with Gasteiger partial charge in [0.15, 0.2) is 5.75 Å². The fourth-order valence-corrected chi connectivity index (χ4v) is 4.75. The molecule has 4 aromatic rings. The van der Waals surface area contributed by atoms with Gasteiger partial charge in [0.05, 0.1) is 15.5 Å². The van der Waals surface area contributed by atoms with Gasteiger partial charge in [-0.25, -0.2) is 0 Å². The second kappa shape index (κ2) is 7.81. The number of azo groups is 1. The van der Waals surface area contributed by atoms with Crippen molar-refractivity contribution in [2.45, 2.75) is 16.7 Å². The van der Waals surface area contributed by atoms with Crippen molar-refractivity contribution in [1.29, 1.82) is 0 Å². The molecule has 0 bridgehead atoms. The molecule has 32 heavy (non-hydrogen) atoms. The van der Waals surface area contributed by atoms with E-state index in [1.54, 1.807) is 12.1 Å². The van der Waals surface area contributed by atoms with E-state index in [0.29, 0.717) is 5.69 Å². The second-order valence-electron chi connectivity index (χ2n) is 7.14. The molecule has 0 spiro atoms. The van der Waals surface area contributed by atoms with Crippen molar-refractivity contribution in [2.75, 3.05) is 0 Å². The van der Waals surface area contributed by atoms with Gasteiger partial charge < -0.3 is 18.8 Å². The van der Waals surface area contributed by atoms with E-state index in [1.165, 1.54) is 6.92 Å². The molecule has 0 unspecified atom stereocenters. The van der Waals surface area contributed by atoms with E-state index in [-0.39, 0.29) is 22.0 Å². The smallest absolute Gasteiger partial charge is 0.294 e. The first-order valence-electron chi connectivity index (χ1n) is 9.14. The van der Waals surface area contributed by atoms with E-state index < -0.39 is 36.5 Å². The number of benzene rings is 4. The highest BCUT2D eigenvalue weighted by Crippen LogP contribution is 2.54. The lowest BCUT2D eigenvalue weighted by atomic mass is 10.0. The Morgan fingerprint density at radius 2 is 1.47 bits per heavy atom. The van der Waals surface area contributed by atoms with Crippen molar-refractivity contribution in [3.8, 4) is 5.75 Å². The van der Waals surface area contributed by atoms with Gasteiger partial charge in [0.2, 0.25) is 0 Å². The van der Waals surface area contributed by atoms with Gasteiger partial charge in [-0.2, -0.15) is 13.5 Å². The molecule has 0 radical (unpaired) electrons. The highest BCUT2D eigenvalue weighted by molar-refractivity contribution is 8.19. The van der Waals surface area contributed by atoms with Gasteiger partial charge in [-0.3, -0.25) is 4.55 Å². The topological polar surface area (TPSA) is 160 Å². The van der Waals surface area contributed by atoms with Crippen LogP contribution in [0.4, 0.5) is 11.4 Å². The number of phenols is 1. The molecule has 9 nitrogen and oxygen atoms in total. The summed E-state index contributed by atoms with van der Waals surface area (Å²) in [4.78, 5) is -0.994. The summed E-state index contributed by atoms with van der Waals surface area (Å²) in [6, 6.07) is 16.1. The van der Waals surface area contributed by atoms with E-state index >= 15 is 0 Å². The average Bonchev–Trinajstić information content (AvgIpc) is 2.71. The predicted octanol–water partition coefficient (Wildman–Crippen LogP) is 6.25. The van der Waals surface area contributed by atoms with Crippen LogP contribution in [-0.2, 0) is 10.1 Å². The molecule has 0 aliphatic heterocycles. The molecule has 0 atom stereocenters. The Morgan fingerprint density at radius 1 is 0.781 bits per heavy atom. The molecule has 0 aromatic heterocycles. The summed E-state index contributed by atoms with van der Waals surface area (Å²) >= 11 is 0. The third kappa shape index (κ3) is 4.17. The molecule has 0 fully saturated rings. The molecule has 0 saturated carbocycles. The summed E-state index contributed by atoms with van der Waals surface area (Å²) in [6.07, 6.45) is 0. The molecule has 5 N–H and O–H groups in total. The number of aromatic hydroxyl groups is 1. The first-order valence-corrected chi connectivity index (χ1v) is 12.1. The zero-order valence-electron chi connectivity index (χ0n) is 16.5. The minimum Gasteiger partial charge on any atom is -0.505 e.